The Bertz CT molecular complexity index is 531. The first kappa shape index (κ1) is 14.6. The topological polar surface area (TPSA) is 52.6 Å². The number of fused-ring (bicyclic) bond motifs is 1. The zero-order valence-corrected chi connectivity index (χ0v) is 12.2. The zero-order valence-electron chi connectivity index (χ0n) is 12.2. The van der Waals surface area contributed by atoms with Crippen molar-refractivity contribution in [2.24, 2.45) is 0 Å². The van der Waals surface area contributed by atoms with E-state index in [1.807, 2.05) is 12.1 Å². The normalized spacial score (nSPS) is 15.9. The van der Waals surface area contributed by atoms with Crippen LogP contribution in [0.25, 0.3) is 0 Å². The maximum Gasteiger partial charge on any atom is 0.305 e. The molecular weight excluding hydrogens is 256 g/mol. The number of carbonyl (C=O) groups is 2. The summed E-state index contributed by atoms with van der Waals surface area (Å²) in [5, 5.41) is 0. The molecule has 1 heterocycles. The Hall–Kier alpha value is -1.84. The Kier molecular flexibility index (Phi) is 4.12. The van der Waals surface area contributed by atoms with Crippen LogP contribution in [-0.2, 0) is 16.0 Å². The highest BCUT2D eigenvalue weighted by molar-refractivity contribution is 5.97. The lowest BCUT2D eigenvalue weighted by molar-refractivity contribution is -0.140. The molecule has 0 fully saturated rings. The Labute approximate surface area is 119 Å². The maximum absolute atomic E-state index is 12.0. The Morgan fingerprint density at radius 2 is 2.05 bits per heavy atom. The van der Waals surface area contributed by atoms with Gasteiger partial charge in [-0.1, -0.05) is 0 Å². The van der Waals surface area contributed by atoms with Crippen LogP contribution in [0, 0.1) is 0 Å². The van der Waals surface area contributed by atoms with Crippen molar-refractivity contribution in [2.45, 2.75) is 45.1 Å². The number of esters is 1. The maximum atomic E-state index is 12.0. The molecule has 0 atom stereocenters. The molecule has 0 aromatic heterocycles. The SMILES string of the molecule is COC(=O)CCC(=O)c1ccc2c(c1)CCC(C)(C)O2. The fourth-order valence-corrected chi connectivity index (χ4v) is 2.29. The van der Waals surface area contributed by atoms with Crippen molar-refractivity contribution >= 4 is 11.8 Å². The van der Waals surface area contributed by atoms with Gasteiger partial charge >= 0.3 is 5.97 Å². The third kappa shape index (κ3) is 3.38. The third-order valence-corrected chi connectivity index (χ3v) is 3.55. The molecule has 4 heteroatoms. The lowest BCUT2D eigenvalue weighted by atomic mass is 9.92. The fourth-order valence-electron chi connectivity index (χ4n) is 2.29. The average Bonchev–Trinajstić information content (AvgIpc) is 2.42. The lowest BCUT2D eigenvalue weighted by Gasteiger charge is -2.32. The highest BCUT2D eigenvalue weighted by Gasteiger charge is 2.26. The molecule has 1 aliphatic heterocycles. The van der Waals surface area contributed by atoms with Crippen molar-refractivity contribution in [1.82, 2.24) is 0 Å². The number of Topliss-reactive ketones (excluding diaryl/α,β-unsaturated/α-hetero) is 1. The number of aryl methyl sites for hydroxylation is 1. The molecule has 0 bridgehead atoms. The molecule has 0 saturated heterocycles. The van der Waals surface area contributed by atoms with Crippen LogP contribution in [0.2, 0.25) is 0 Å². The minimum Gasteiger partial charge on any atom is -0.488 e. The Morgan fingerprint density at radius 3 is 2.75 bits per heavy atom. The van der Waals surface area contributed by atoms with Gasteiger partial charge in [0.2, 0.25) is 0 Å². The van der Waals surface area contributed by atoms with E-state index in [2.05, 4.69) is 18.6 Å². The second-order valence-corrected chi connectivity index (χ2v) is 5.68. The van der Waals surface area contributed by atoms with Gasteiger partial charge in [-0.25, -0.2) is 0 Å². The van der Waals surface area contributed by atoms with E-state index in [0.29, 0.717) is 5.56 Å². The van der Waals surface area contributed by atoms with Crippen molar-refractivity contribution in [2.75, 3.05) is 7.11 Å². The molecule has 0 saturated carbocycles. The molecule has 0 unspecified atom stereocenters. The summed E-state index contributed by atoms with van der Waals surface area (Å²) in [7, 11) is 1.32. The van der Waals surface area contributed by atoms with Crippen LogP contribution in [0.15, 0.2) is 18.2 Å². The number of rotatable bonds is 4. The van der Waals surface area contributed by atoms with Gasteiger partial charge in [-0.05, 0) is 50.5 Å². The first-order valence-corrected chi connectivity index (χ1v) is 6.83. The molecule has 0 radical (unpaired) electrons. The van der Waals surface area contributed by atoms with Crippen molar-refractivity contribution in [1.29, 1.82) is 0 Å². The molecule has 0 N–H and O–H groups in total. The van der Waals surface area contributed by atoms with E-state index in [9.17, 15) is 9.59 Å². The van der Waals surface area contributed by atoms with Crippen LogP contribution in [0.3, 0.4) is 0 Å². The van der Waals surface area contributed by atoms with E-state index in [1.165, 1.54) is 7.11 Å². The quantitative estimate of drug-likeness (QED) is 0.626. The number of carbonyl (C=O) groups excluding carboxylic acids is 2. The second kappa shape index (κ2) is 5.65. The molecule has 1 aromatic carbocycles. The molecule has 1 aromatic rings. The van der Waals surface area contributed by atoms with Crippen LogP contribution < -0.4 is 4.74 Å². The summed E-state index contributed by atoms with van der Waals surface area (Å²) in [5.41, 5.74) is 1.55. The highest BCUT2D eigenvalue weighted by atomic mass is 16.5. The third-order valence-electron chi connectivity index (χ3n) is 3.55. The van der Waals surface area contributed by atoms with Crippen LogP contribution in [-0.4, -0.2) is 24.5 Å². The first-order chi connectivity index (χ1) is 9.41. The summed E-state index contributed by atoms with van der Waals surface area (Å²) >= 11 is 0. The van der Waals surface area contributed by atoms with E-state index in [1.54, 1.807) is 6.07 Å². The fraction of sp³-hybridized carbons (Fsp3) is 0.500. The van der Waals surface area contributed by atoms with Gasteiger partial charge in [0.25, 0.3) is 0 Å². The number of ketones is 1. The van der Waals surface area contributed by atoms with Gasteiger partial charge in [0, 0.05) is 12.0 Å². The predicted octanol–water partition coefficient (Wildman–Crippen LogP) is 2.93. The predicted molar refractivity (Wildman–Crippen MR) is 75.1 cm³/mol. The van der Waals surface area contributed by atoms with E-state index in [0.717, 1.165) is 24.2 Å². The second-order valence-electron chi connectivity index (χ2n) is 5.68. The van der Waals surface area contributed by atoms with E-state index in [-0.39, 0.29) is 30.2 Å². The standard InChI is InChI=1S/C16H20O4/c1-16(2)9-8-12-10-11(4-6-14(12)20-16)13(17)5-7-15(18)19-3/h4,6,10H,5,7-9H2,1-3H3. The van der Waals surface area contributed by atoms with Gasteiger partial charge in [-0.2, -0.15) is 0 Å². The molecule has 108 valence electrons. The Balaban J connectivity index is 2.08. The largest absolute Gasteiger partial charge is 0.488 e. The number of hydrogen-bond donors (Lipinski definition) is 0. The monoisotopic (exact) mass is 276 g/mol. The summed E-state index contributed by atoms with van der Waals surface area (Å²) in [6, 6.07) is 5.49. The van der Waals surface area contributed by atoms with Gasteiger partial charge in [0.05, 0.1) is 13.5 Å². The number of hydrogen-bond acceptors (Lipinski definition) is 4. The van der Waals surface area contributed by atoms with Crippen molar-refractivity contribution in [3.63, 3.8) is 0 Å². The lowest BCUT2D eigenvalue weighted by Crippen LogP contribution is -2.32. The molecule has 0 aliphatic carbocycles. The van der Waals surface area contributed by atoms with Crippen LogP contribution in [0.5, 0.6) is 5.75 Å². The Morgan fingerprint density at radius 1 is 1.30 bits per heavy atom. The van der Waals surface area contributed by atoms with Crippen molar-refractivity contribution < 1.29 is 19.1 Å². The molecular formula is C16H20O4. The summed E-state index contributed by atoms with van der Waals surface area (Å²) in [4.78, 5) is 23.1. The van der Waals surface area contributed by atoms with Crippen LogP contribution >= 0.6 is 0 Å². The smallest absolute Gasteiger partial charge is 0.305 e. The number of ether oxygens (including phenoxy) is 2. The molecule has 4 nitrogen and oxygen atoms in total. The van der Waals surface area contributed by atoms with E-state index < -0.39 is 0 Å². The molecule has 2 rings (SSSR count). The van der Waals surface area contributed by atoms with Gasteiger partial charge in [-0.15, -0.1) is 0 Å². The number of benzene rings is 1. The molecule has 0 amide bonds. The van der Waals surface area contributed by atoms with E-state index >= 15 is 0 Å². The highest BCUT2D eigenvalue weighted by Crippen LogP contribution is 2.33. The molecule has 1 aliphatic rings. The van der Waals surface area contributed by atoms with Gasteiger partial charge in [-0.3, -0.25) is 9.59 Å². The minimum absolute atomic E-state index is 0.0389. The van der Waals surface area contributed by atoms with Crippen molar-refractivity contribution in [3.8, 4) is 5.75 Å². The average molecular weight is 276 g/mol. The van der Waals surface area contributed by atoms with Gasteiger partial charge in [0.1, 0.15) is 11.4 Å². The van der Waals surface area contributed by atoms with Crippen LogP contribution in [0.1, 0.15) is 49.0 Å². The zero-order chi connectivity index (χ0) is 14.8. The van der Waals surface area contributed by atoms with Crippen molar-refractivity contribution in [3.05, 3.63) is 29.3 Å². The summed E-state index contributed by atoms with van der Waals surface area (Å²) in [6.07, 6.45) is 2.13. The molecule has 20 heavy (non-hydrogen) atoms. The summed E-state index contributed by atoms with van der Waals surface area (Å²) in [6.45, 7) is 4.12. The molecule has 0 spiro atoms. The summed E-state index contributed by atoms with van der Waals surface area (Å²) < 4.78 is 10.4. The number of methoxy groups -OCH3 is 1. The van der Waals surface area contributed by atoms with Gasteiger partial charge < -0.3 is 9.47 Å². The van der Waals surface area contributed by atoms with Gasteiger partial charge in [0.15, 0.2) is 5.78 Å². The summed E-state index contributed by atoms with van der Waals surface area (Å²) in [5.74, 6) is 0.454. The van der Waals surface area contributed by atoms with E-state index in [4.69, 9.17) is 4.74 Å². The van der Waals surface area contributed by atoms with Crippen LogP contribution in [0.4, 0.5) is 0 Å². The minimum atomic E-state index is -0.360. The first-order valence-electron chi connectivity index (χ1n) is 6.83.